The van der Waals surface area contributed by atoms with Gasteiger partial charge >= 0.3 is 37.9 Å². The molecule has 3 nitrogen and oxygen atoms in total. The molecule has 0 spiro atoms. The first-order chi connectivity index (χ1) is 13.5. The molecule has 2 saturated carbocycles. The number of rotatable bonds is 4. The van der Waals surface area contributed by atoms with Crippen LogP contribution in [0.15, 0.2) is 17.1 Å². The molecule has 1 aromatic rings. The van der Waals surface area contributed by atoms with Crippen molar-refractivity contribution in [3.63, 3.8) is 0 Å². The van der Waals surface area contributed by atoms with Gasteiger partial charge in [-0.2, -0.15) is 0 Å². The standard InChI is InChI=1S/C22H33NO2.2ClH.Zr/c1-15-8-7-11-21(16(15)2)23-14-18-12-19(25-3)13-20(22(18)24)17-9-5-4-6-10-17;;;/h12-17,21,24H,4-11H2,1-3H3;2*1H;/q;;;+2/p-2. The molecular formula is C22H33Cl2NO2Zr. The fraction of sp³-hybridized carbons (Fsp3) is 0.682. The zero-order valence-corrected chi connectivity index (χ0v) is 21.2. The number of ether oxygens (including phenoxy) is 1. The summed E-state index contributed by atoms with van der Waals surface area (Å²) in [5.74, 6) is 3.02. The van der Waals surface area contributed by atoms with E-state index in [0.717, 1.165) is 42.1 Å². The summed E-state index contributed by atoms with van der Waals surface area (Å²) in [6.07, 6.45) is 11.8. The van der Waals surface area contributed by atoms with Gasteiger partial charge in [-0.05, 0) is 49.1 Å². The van der Waals surface area contributed by atoms with E-state index in [9.17, 15) is 5.11 Å². The van der Waals surface area contributed by atoms with Crippen molar-refractivity contribution in [1.29, 1.82) is 0 Å². The van der Waals surface area contributed by atoms with Gasteiger partial charge in [-0.25, -0.2) is 0 Å². The molecule has 0 amide bonds. The molecule has 0 aliphatic heterocycles. The van der Waals surface area contributed by atoms with Crippen LogP contribution >= 0.6 is 17.0 Å². The molecule has 3 rings (SSSR count). The topological polar surface area (TPSA) is 41.8 Å². The van der Waals surface area contributed by atoms with E-state index in [4.69, 9.17) is 26.8 Å². The summed E-state index contributed by atoms with van der Waals surface area (Å²) in [5, 5.41) is 10.9. The maximum atomic E-state index is 10.9. The number of halogens is 2. The van der Waals surface area contributed by atoms with Crippen molar-refractivity contribution in [2.45, 2.75) is 77.2 Å². The first-order valence-electron chi connectivity index (χ1n) is 10.4. The summed E-state index contributed by atoms with van der Waals surface area (Å²) in [5.41, 5.74) is 1.86. The predicted octanol–water partition coefficient (Wildman–Crippen LogP) is 7.07. The molecule has 2 aliphatic rings. The fourth-order valence-corrected chi connectivity index (χ4v) is 4.53. The van der Waals surface area contributed by atoms with E-state index < -0.39 is 20.8 Å². The summed E-state index contributed by atoms with van der Waals surface area (Å²) >= 11 is -0.826. The van der Waals surface area contributed by atoms with E-state index in [1.165, 1.54) is 32.1 Å². The molecule has 0 radical (unpaired) electrons. The van der Waals surface area contributed by atoms with Crippen LogP contribution in [-0.4, -0.2) is 24.5 Å². The third-order valence-corrected chi connectivity index (χ3v) is 6.49. The molecule has 0 aromatic heterocycles. The molecule has 3 unspecified atom stereocenters. The van der Waals surface area contributed by atoms with Gasteiger partial charge in [-0.15, -0.1) is 0 Å². The number of aliphatic imine (C=N–C) groups is 1. The first-order valence-corrected chi connectivity index (χ1v) is 16.7. The third kappa shape index (κ3) is 6.74. The average Bonchev–Trinajstić information content (AvgIpc) is 2.71. The second kappa shape index (κ2) is 12.6. The third-order valence-electron chi connectivity index (χ3n) is 6.49. The number of nitrogens with zero attached hydrogens (tertiary/aromatic N) is 1. The maximum absolute atomic E-state index is 10.9. The molecule has 28 heavy (non-hydrogen) atoms. The fourth-order valence-electron chi connectivity index (χ4n) is 4.53. The Balaban J connectivity index is 0.000000878. The molecule has 2 aliphatic carbocycles. The van der Waals surface area contributed by atoms with Crippen molar-refractivity contribution < 1.29 is 30.7 Å². The average molecular weight is 506 g/mol. The van der Waals surface area contributed by atoms with Crippen molar-refractivity contribution in [3.8, 4) is 11.5 Å². The number of aromatic hydroxyl groups is 1. The monoisotopic (exact) mass is 503 g/mol. The van der Waals surface area contributed by atoms with Crippen molar-refractivity contribution in [2.24, 2.45) is 16.8 Å². The SMILES string of the molecule is COc1cc(C=NC2CCCC(C)C2C)c(O)c(C2CCCCC2)c1.[Cl][Zr][Cl]. The quantitative estimate of drug-likeness (QED) is 0.445. The van der Waals surface area contributed by atoms with Crippen LogP contribution in [0.3, 0.4) is 0 Å². The van der Waals surface area contributed by atoms with Crippen molar-refractivity contribution >= 4 is 23.2 Å². The van der Waals surface area contributed by atoms with E-state index in [1.54, 1.807) is 7.11 Å². The van der Waals surface area contributed by atoms with E-state index in [2.05, 4.69) is 13.8 Å². The van der Waals surface area contributed by atoms with Gasteiger partial charge in [0.1, 0.15) is 11.5 Å². The van der Waals surface area contributed by atoms with Crippen LogP contribution in [0, 0.1) is 11.8 Å². The van der Waals surface area contributed by atoms with Crippen LogP contribution in [0.1, 0.15) is 82.3 Å². The van der Waals surface area contributed by atoms with Gasteiger partial charge in [0.25, 0.3) is 0 Å². The molecule has 156 valence electrons. The molecule has 0 saturated heterocycles. The van der Waals surface area contributed by atoms with Gasteiger partial charge in [-0.3, -0.25) is 4.99 Å². The Labute approximate surface area is 188 Å². The van der Waals surface area contributed by atoms with Crippen LogP contribution in [0.2, 0.25) is 0 Å². The number of hydrogen-bond acceptors (Lipinski definition) is 3. The molecule has 1 N–H and O–H groups in total. The Morgan fingerprint density at radius 2 is 1.75 bits per heavy atom. The zero-order chi connectivity index (χ0) is 20.5. The normalized spacial score (nSPS) is 25.8. The summed E-state index contributed by atoms with van der Waals surface area (Å²) < 4.78 is 5.50. The Kier molecular flexibility index (Phi) is 10.9. The Morgan fingerprint density at radius 3 is 2.39 bits per heavy atom. The van der Waals surface area contributed by atoms with Gasteiger partial charge in [0.2, 0.25) is 0 Å². The van der Waals surface area contributed by atoms with Crippen LogP contribution < -0.4 is 4.74 Å². The van der Waals surface area contributed by atoms with Crippen LogP contribution in [-0.2, 0) is 20.8 Å². The van der Waals surface area contributed by atoms with E-state index in [1.807, 2.05) is 18.3 Å². The molecule has 0 bridgehead atoms. The Morgan fingerprint density at radius 1 is 1.07 bits per heavy atom. The molecular weight excluding hydrogens is 472 g/mol. The van der Waals surface area contributed by atoms with Crippen LogP contribution in [0.25, 0.3) is 0 Å². The first kappa shape index (κ1) is 24.2. The number of benzene rings is 1. The second-order valence-corrected chi connectivity index (χ2v) is 11.9. The molecule has 0 heterocycles. The van der Waals surface area contributed by atoms with Gasteiger partial charge < -0.3 is 9.84 Å². The van der Waals surface area contributed by atoms with E-state index >= 15 is 0 Å². The van der Waals surface area contributed by atoms with E-state index in [0.29, 0.717) is 23.6 Å². The minimum absolute atomic E-state index is 0.368. The number of phenols is 1. The molecule has 1 aromatic carbocycles. The van der Waals surface area contributed by atoms with Gasteiger partial charge in [0, 0.05) is 17.3 Å². The number of phenolic OH excluding ortho intramolecular Hbond substituents is 1. The molecule has 3 atom stereocenters. The van der Waals surface area contributed by atoms with Gasteiger partial charge in [0.05, 0.1) is 13.2 Å². The number of hydrogen-bond donors (Lipinski definition) is 1. The zero-order valence-electron chi connectivity index (χ0n) is 17.3. The van der Waals surface area contributed by atoms with Crippen LogP contribution in [0.4, 0.5) is 0 Å². The Hall–Kier alpha value is -0.0469. The number of methoxy groups -OCH3 is 1. The predicted molar refractivity (Wildman–Crippen MR) is 116 cm³/mol. The van der Waals surface area contributed by atoms with E-state index in [-0.39, 0.29) is 0 Å². The van der Waals surface area contributed by atoms with Crippen molar-refractivity contribution in [3.05, 3.63) is 23.3 Å². The van der Waals surface area contributed by atoms with Crippen molar-refractivity contribution in [2.75, 3.05) is 7.11 Å². The van der Waals surface area contributed by atoms with Crippen LogP contribution in [0.5, 0.6) is 11.5 Å². The van der Waals surface area contributed by atoms with Gasteiger partial charge in [-0.1, -0.05) is 46.0 Å². The summed E-state index contributed by atoms with van der Waals surface area (Å²) in [7, 11) is 11.6. The molecule has 6 heteroatoms. The minimum atomic E-state index is -0.826. The van der Waals surface area contributed by atoms with Crippen molar-refractivity contribution in [1.82, 2.24) is 0 Å². The second-order valence-electron chi connectivity index (χ2n) is 8.17. The summed E-state index contributed by atoms with van der Waals surface area (Å²) in [6.45, 7) is 4.64. The Bertz CT molecular complexity index is 635. The summed E-state index contributed by atoms with van der Waals surface area (Å²) in [4.78, 5) is 4.87. The molecule has 2 fully saturated rings. The summed E-state index contributed by atoms with van der Waals surface area (Å²) in [6, 6.07) is 4.31. The van der Waals surface area contributed by atoms with Gasteiger partial charge in [0.15, 0.2) is 0 Å².